The maximum absolute atomic E-state index is 11.7. The lowest BCUT2D eigenvalue weighted by Crippen LogP contribution is -2.30. The summed E-state index contributed by atoms with van der Waals surface area (Å²) in [5.74, 6) is 0.588. The number of rotatable bonds is 8. The van der Waals surface area contributed by atoms with Crippen LogP contribution in [-0.4, -0.2) is 25.6 Å². The fourth-order valence-electron chi connectivity index (χ4n) is 1.84. The van der Waals surface area contributed by atoms with Gasteiger partial charge in [0, 0.05) is 11.6 Å². The molecule has 1 aromatic carbocycles. The molecule has 0 aromatic heterocycles. The number of nitrogens with one attached hydrogen (secondary N) is 1. The number of carbonyl (C=O) groups is 1. The molecule has 1 amide bonds. The third-order valence-electron chi connectivity index (χ3n) is 3.23. The zero-order chi connectivity index (χ0) is 15.8. The zero-order valence-electron chi connectivity index (χ0n) is 12.4. The largest absolute Gasteiger partial charge is 0.482 e. The van der Waals surface area contributed by atoms with E-state index in [0.29, 0.717) is 28.9 Å². The maximum Gasteiger partial charge on any atom is 0.257 e. The summed E-state index contributed by atoms with van der Waals surface area (Å²) in [6, 6.07) is 3.46. The van der Waals surface area contributed by atoms with E-state index < -0.39 is 0 Å². The summed E-state index contributed by atoms with van der Waals surface area (Å²) in [5.41, 5.74) is 6.29. The lowest BCUT2D eigenvalue weighted by Gasteiger charge is -2.17. The van der Waals surface area contributed by atoms with Crippen LogP contribution in [0, 0.1) is 0 Å². The van der Waals surface area contributed by atoms with E-state index in [0.717, 1.165) is 18.4 Å². The van der Waals surface area contributed by atoms with E-state index >= 15 is 0 Å². The summed E-state index contributed by atoms with van der Waals surface area (Å²) in [7, 11) is 0. The normalized spacial score (nSPS) is 12.0. The van der Waals surface area contributed by atoms with Crippen LogP contribution >= 0.6 is 23.2 Å². The molecular formula is C15H22Cl2N2O2. The van der Waals surface area contributed by atoms with Crippen LogP contribution in [0.3, 0.4) is 0 Å². The fraction of sp³-hybridized carbons (Fsp3) is 0.533. The molecule has 1 atom stereocenters. The van der Waals surface area contributed by atoms with Crippen molar-refractivity contribution in [2.75, 3.05) is 19.7 Å². The zero-order valence-corrected chi connectivity index (χ0v) is 13.9. The molecule has 4 nitrogen and oxygen atoms in total. The number of nitrogens with two attached hydrogens (primary N) is 1. The molecule has 0 aliphatic carbocycles. The fourth-order valence-corrected chi connectivity index (χ4v) is 2.40. The first-order valence-corrected chi connectivity index (χ1v) is 7.83. The van der Waals surface area contributed by atoms with Crippen LogP contribution in [-0.2, 0) is 4.79 Å². The van der Waals surface area contributed by atoms with Crippen LogP contribution in [0.1, 0.15) is 38.2 Å². The van der Waals surface area contributed by atoms with E-state index in [1.54, 1.807) is 6.07 Å². The molecule has 0 aliphatic rings. The van der Waals surface area contributed by atoms with Gasteiger partial charge in [0.15, 0.2) is 6.61 Å². The molecule has 1 rings (SSSR count). The van der Waals surface area contributed by atoms with Crippen molar-refractivity contribution in [2.45, 2.75) is 32.6 Å². The Morgan fingerprint density at radius 3 is 2.76 bits per heavy atom. The van der Waals surface area contributed by atoms with Crippen molar-refractivity contribution < 1.29 is 9.53 Å². The van der Waals surface area contributed by atoms with Gasteiger partial charge in [0.1, 0.15) is 5.75 Å². The van der Waals surface area contributed by atoms with E-state index in [4.69, 9.17) is 33.7 Å². The van der Waals surface area contributed by atoms with Gasteiger partial charge in [-0.1, -0.05) is 37.0 Å². The first-order valence-electron chi connectivity index (χ1n) is 7.08. The smallest absolute Gasteiger partial charge is 0.257 e. The van der Waals surface area contributed by atoms with Crippen molar-refractivity contribution >= 4 is 29.1 Å². The highest BCUT2D eigenvalue weighted by atomic mass is 35.5. The SMILES string of the molecule is CCC(C)c1cc(Cl)cc(Cl)c1OCC(=O)NCCCN. The van der Waals surface area contributed by atoms with Crippen LogP contribution in [0.5, 0.6) is 5.75 Å². The molecule has 0 aliphatic heterocycles. The summed E-state index contributed by atoms with van der Waals surface area (Å²) in [4.78, 5) is 11.7. The van der Waals surface area contributed by atoms with Crippen LogP contribution in [0.2, 0.25) is 10.0 Å². The Balaban J connectivity index is 2.75. The van der Waals surface area contributed by atoms with Crippen LogP contribution in [0.4, 0.5) is 0 Å². The molecule has 118 valence electrons. The Morgan fingerprint density at radius 1 is 1.43 bits per heavy atom. The Bertz CT molecular complexity index is 481. The molecule has 0 heterocycles. The number of hydrogen-bond acceptors (Lipinski definition) is 3. The third kappa shape index (κ3) is 5.73. The molecule has 0 spiro atoms. The average molecular weight is 333 g/mol. The molecule has 3 N–H and O–H groups in total. The van der Waals surface area contributed by atoms with E-state index in [1.807, 2.05) is 6.07 Å². The van der Waals surface area contributed by atoms with Gasteiger partial charge in [-0.25, -0.2) is 0 Å². The Labute approximate surface area is 135 Å². The van der Waals surface area contributed by atoms with Crippen molar-refractivity contribution in [3.8, 4) is 5.75 Å². The van der Waals surface area contributed by atoms with Gasteiger partial charge in [-0.15, -0.1) is 0 Å². The van der Waals surface area contributed by atoms with Crippen molar-refractivity contribution in [2.24, 2.45) is 5.73 Å². The number of benzene rings is 1. The Kier molecular flexibility index (Phi) is 7.86. The van der Waals surface area contributed by atoms with E-state index in [1.165, 1.54) is 0 Å². The number of hydrogen-bond donors (Lipinski definition) is 2. The Hall–Kier alpha value is -0.970. The molecule has 1 unspecified atom stereocenters. The Morgan fingerprint density at radius 2 is 2.14 bits per heavy atom. The minimum atomic E-state index is -0.190. The van der Waals surface area contributed by atoms with Crippen LogP contribution < -0.4 is 15.8 Å². The van der Waals surface area contributed by atoms with Crippen molar-refractivity contribution in [3.63, 3.8) is 0 Å². The third-order valence-corrected chi connectivity index (χ3v) is 3.73. The molecule has 0 radical (unpaired) electrons. The summed E-state index contributed by atoms with van der Waals surface area (Å²) in [6.45, 7) is 5.15. The minimum absolute atomic E-state index is 0.0740. The summed E-state index contributed by atoms with van der Waals surface area (Å²) in [5, 5.41) is 3.72. The maximum atomic E-state index is 11.7. The van der Waals surface area contributed by atoms with Crippen molar-refractivity contribution in [1.82, 2.24) is 5.32 Å². The second-order valence-electron chi connectivity index (χ2n) is 4.90. The second kappa shape index (κ2) is 9.13. The van der Waals surface area contributed by atoms with Gasteiger partial charge in [-0.05, 0) is 43.0 Å². The van der Waals surface area contributed by atoms with Gasteiger partial charge in [-0.3, -0.25) is 4.79 Å². The minimum Gasteiger partial charge on any atom is -0.482 e. The van der Waals surface area contributed by atoms with Gasteiger partial charge >= 0.3 is 0 Å². The highest BCUT2D eigenvalue weighted by Gasteiger charge is 2.16. The average Bonchev–Trinajstić information content (AvgIpc) is 2.45. The monoisotopic (exact) mass is 332 g/mol. The molecule has 21 heavy (non-hydrogen) atoms. The van der Waals surface area contributed by atoms with Gasteiger partial charge in [0.25, 0.3) is 5.91 Å². The summed E-state index contributed by atoms with van der Waals surface area (Å²) < 4.78 is 5.60. The lowest BCUT2D eigenvalue weighted by atomic mass is 9.98. The quantitative estimate of drug-likeness (QED) is 0.717. The van der Waals surface area contributed by atoms with Gasteiger partial charge < -0.3 is 15.8 Å². The highest BCUT2D eigenvalue weighted by Crippen LogP contribution is 2.37. The lowest BCUT2D eigenvalue weighted by molar-refractivity contribution is -0.123. The van der Waals surface area contributed by atoms with Gasteiger partial charge in [0.05, 0.1) is 5.02 Å². The molecule has 0 saturated carbocycles. The molecular weight excluding hydrogens is 311 g/mol. The summed E-state index contributed by atoms with van der Waals surface area (Å²) in [6.07, 6.45) is 1.67. The molecule has 0 fully saturated rings. The highest BCUT2D eigenvalue weighted by molar-refractivity contribution is 6.35. The van der Waals surface area contributed by atoms with Crippen molar-refractivity contribution in [3.05, 3.63) is 27.7 Å². The number of halogens is 2. The first-order chi connectivity index (χ1) is 9.99. The topological polar surface area (TPSA) is 64.3 Å². The predicted octanol–water partition coefficient (Wildman–Crippen LogP) is 3.35. The first kappa shape index (κ1) is 18.1. The van der Waals surface area contributed by atoms with Gasteiger partial charge in [0.2, 0.25) is 0 Å². The van der Waals surface area contributed by atoms with Gasteiger partial charge in [-0.2, -0.15) is 0 Å². The van der Waals surface area contributed by atoms with E-state index in [2.05, 4.69) is 19.2 Å². The molecule has 0 saturated heterocycles. The van der Waals surface area contributed by atoms with E-state index in [9.17, 15) is 4.79 Å². The second-order valence-corrected chi connectivity index (χ2v) is 5.74. The van der Waals surface area contributed by atoms with Crippen LogP contribution in [0.25, 0.3) is 0 Å². The predicted molar refractivity (Wildman–Crippen MR) is 87.3 cm³/mol. The molecule has 1 aromatic rings. The summed E-state index contributed by atoms with van der Waals surface area (Å²) >= 11 is 12.2. The standard InChI is InChI=1S/C15H22Cl2N2O2/c1-3-10(2)12-7-11(16)8-13(17)15(12)21-9-14(20)19-6-4-5-18/h7-8,10H,3-6,9,18H2,1-2H3,(H,19,20). The van der Waals surface area contributed by atoms with E-state index in [-0.39, 0.29) is 18.4 Å². The number of amides is 1. The van der Waals surface area contributed by atoms with Crippen molar-refractivity contribution in [1.29, 1.82) is 0 Å². The molecule has 6 heteroatoms. The molecule has 0 bridgehead atoms. The van der Waals surface area contributed by atoms with Crippen LogP contribution in [0.15, 0.2) is 12.1 Å². The number of carbonyl (C=O) groups excluding carboxylic acids is 1. The number of ether oxygens (including phenoxy) is 1.